The van der Waals surface area contributed by atoms with Crippen molar-refractivity contribution in [3.63, 3.8) is 0 Å². The van der Waals surface area contributed by atoms with Crippen LogP contribution < -0.4 is 0 Å². The van der Waals surface area contributed by atoms with E-state index < -0.39 is 0 Å². The van der Waals surface area contributed by atoms with E-state index in [0.717, 1.165) is 47.8 Å². The Morgan fingerprint density at radius 3 is 2.08 bits per heavy atom. The van der Waals surface area contributed by atoms with Gasteiger partial charge in [-0.2, -0.15) is 0 Å². The van der Waals surface area contributed by atoms with E-state index >= 15 is 0 Å². The predicted molar refractivity (Wildman–Crippen MR) is 159 cm³/mol. The molecule has 1 N–H and O–H groups in total. The van der Waals surface area contributed by atoms with Gasteiger partial charge >= 0.3 is 0 Å². The van der Waals surface area contributed by atoms with Crippen LogP contribution in [0.3, 0.4) is 0 Å². The second-order valence-corrected chi connectivity index (χ2v) is 10.6. The van der Waals surface area contributed by atoms with Gasteiger partial charge in [-0.1, -0.05) is 71.9 Å². The van der Waals surface area contributed by atoms with E-state index in [0.29, 0.717) is 0 Å². The Balaban J connectivity index is 0.000000275. The second-order valence-electron chi connectivity index (χ2n) is 10.6. The molecular formula is C34H41IrN2O2-. The first-order valence-corrected chi connectivity index (χ1v) is 13.7. The quantitative estimate of drug-likeness (QED) is 0.0862. The zero-order valence-electron chi connectivity index (χ0n) is 24.3. The van der Waals surface area contributed by atoms with E-state index in [1.807, 2.05) is 65.8 Å². The van der Waals surface area contributed by atoms with Crippen molar-refractivity contribution in [1.29, 1.82) is 0 Å². The summed E-state index contributed by atoms with van der Waals surface area (Å²) in [6.45, 7) is 14.2. The number of aromatic nitrogens is 2. The molecule has 0 unspecified atom stereocenters. The number of aliphatic hydroxyl groups is 1. The number of benzene rings is 3. The van der Waals surface area contributed by atoms with Gasteiger partial charge < -0.3 is 5.11 Å². The molecule has 1 radical (unpaired) electrons. The maximum atomic E-state index is 12.2. The summed E-state index contributed by atoms with van der Waals surface area (Å²) in [5.74, 6) is 0.286. The van der Waals surface area contributed by atoms with Gasteiger partial charge in [-0.15, -0.1) is 35.9 Å². The molecule has 0 saturated heterocycles. The van der Waals surface area contributed by atoms with Crippen LogP contribution >= 0.6 is 0 Å². The van der Waals surface area contributed by atoms with E-state index in [-0.39, 0.29) is 42.5 Å². The van der Waals surface area contributed by atoms with Crippen LogP contribution in [0, 0.1) is 23.8 Å². The molecule has 0 fully saturated rings. The third-order valence-corrected chi connectivity index (χ3v) is 8.45. The topological polar surface area (TPSA) is 63.1 Å². The van der Waals surface area contributed by atoms with Gasteiger partial charge in [0.05, 0.1) is 5.52 Å². The molecule has 0 aliphatic carbocycles. The molecule has 4 rings (SSSR count). The van der Waals surface area contributed by atoms with Crippen molar-refractivity contribution in [3.05, 3.63) is 84.4 Å². The Morgan fingerprint density at radius 1 is 0.846 bits per heavy atom. The SMILES string of the molecule is CCC(C)(CC)C(=O)/C=C(\O)C(C)(CC)CC.Cc1cccc2c1ccc1c(-c3[c-]cccc3)ncnc12.[Ir]. The second kappa shape index (κ2) is 14.0. The van der Waals surface area contributed by atoms with Crippen molar-refractivity contribution in [1.82, 2.24) is 9.97 Å². The Morgan fingerprint density at radius 2 is 1.49 bits per heavy atom. The Bertz CT molecular complexity index is 1420. The molecule has 0 spiro atoms. The molecular weight excluding hydrogens is 661 g/mol. The van der Waals surface area contributed by atoms with Crippen LogP contribution in [0.2, 0.25) is 0 Å². The van der Waals surface area contributed by atoms with E-state index in [2.05, 4.69) is 53.3 Å². The first kappa shape index (κ1) is 32.3. The number of carbonyl (C=O) groups is 1. The molecule has 209 valence electrons. The van der Waals surface area contributed by atoms with Crippen LogP contribution in [0.4, 0.5) is 0 Å². The van der Waals surface area contributed by atoms with Crippen molar-refractivity contribution in [3.8, 4) is 11.3 Å². The zero-order valence-corrected chi connectivity index (χ0v) is 26.7. The summed E-state index contributed by atoms with van der Waals surface area (Å²) in [7, 11) is 0. The van der Waals surface area contributed by atoms with Gasteiger partial charge in [0, 0.05) is 42.4 Å². The molecule has 0 atom stereocenters. The van der Waals surface area contributed by atoms with Gasteiger partial charge in [-0.3, -0.25) is 9.78 Å². The van der Waals surface area contributed by atoms with Gasteiger partial charge in [0.25, 0.3) is 0 Å². The first-order chi connectivity index (χ1) is 18.1. The van der Waals surface area contributed by atoms with Crippen LogP contribution in [-0.4, -0.2) is 20.9 Å². The van der Waals surface area contributed by atoms with Crippen molar-refractivity contribution in [2.24, 2.45) is 10.8 Å². The van der Waals surface area contributed by atoms with E-state index in [1.54, 1.807) is 6.33 Å². The predicted octanol–water partition coefficient (Wildman–Crippen LogP) is 9.21. The Kier molecular flexibility index (Phi) is 11.6. The summed E-state index contributed by atoms with van der Waals surface area (Å²) in [6.07, 6.45) is 6.39. The standard InChI is InChI=1S/C19H13N2.C15H28O2.Ir/c1-13-6-5-9-16-15(13)10-11-17-18(20-12-21-19(16)17)14-7-3-2-4-8-14;1-7-14(5,8-2)12(16)11-13(17)15(6,9-3)10-4;/h2-7,9-12H,1H3;11,16H,7-10H2,1-6H3;/q-1;;/b;12-11-;. The number of nitrogens with zero attached hydrogens (tertiary/aromatic N) is 2. The maximum Gasteiger partial charge on any atom is 0.164 e. The number of ketones is 1. The summed E-state index contributed by atoms with van der Waals surface area (Å²) >= 11 is 0. The van der Waals surface area contributed by atoms with Crippen LogP contribution in [0.5, 0.6) is 0 Å². The molecule has 0 aliphatic rings. The zero-order chi connectivity index (χ0) is 27.9. The molecule has 1 heterocycles. The number of allylic oxidation sites excluding steroid dienone is 2. The van der Waals surface area contributed by atoms with Gasteiger partial charge in [-0.05, 0) is 54.6 Å². The summed E-state index contributed by atoms with van der Waals surface area (Å²) in [5, 5.41) is 13.6. The maximum absolute atomic E-state index is 12.2. The number of hydrogen-bond acceptors (Lipinski definition) is 4. The summed E-state index contributed by atoms with van der Waals surface area (Å²) in [5.41, 5.74) is 3.59. The fraction of sp³-hybridized carbons (Fsp3) is 0.382. The van der Waals surface area contributed by atoms with E-state index in [4.69, 9.17) is 0 Å². The average Bonchev–Trinajstić information content (AvgIpc) is 2.96. The fourth-order valence-corrected chi connectivity index (χ4v) is 4.48. The molecule has 1 aromatic heterocycles. The van der Waals surface area contributed by atoms with Gasteiger partial charge in [0.2, 0.25) is 0 Å². The number of hydrogen-bond donors (Lipinski definition) is 1. The van der Waals surface area contributed by atoms with Gasteiger partial charge in [-0.25, -0.2) is 4.98 Å². The third-order valence-electron chi connectivity index (χ3n) is 8.45. The van der Waals surface area contributed by atoms with Crippen LogP contribution in [0.1, 0.15) is 72.8 Å². The molecule has 3 aromatic carbocycles. The summed E-state index contributed by atoms with van der Waals surface area (Å²) in [6, 6.07) is 21.7. The molecule has 0 saturated carbocycles. The summed E-state index contributed by atoms with van der Waals surface area (Å²) < 4.78 is 0. The van der Waals surface area contributed by atoms with Crippen LogP contribution in [-0.2, 0) is 24.9 Å². The summed E-state index contributed by atoms with van der Waals surface area (Å²) in [4.78, 5) is 21.2. The number of aliphatic hydroxyl groups excluding tert-OH is 1. The third kappa shape index (κ3) is 7.01. The van der Waals surface area contributed by atoms with Crippen LogP contribution in [0.15, 0.2) is 72.8 Å². The van der Waals surface area contributed by atoms with Gasteiger partial charge in [0.15, 0.2) is 5.78 Å². The number of carbonyl (C=O) groups excluding carboxylic acids is 1. The molecule has 4 aromatic rings. The molecule has 0 amide bonds. The van der Waals surface area contributed by atoms with Crippen molar-refractivity contribution < 1.29 is 30.0 Å². The molecule has 5 heteroatoms. The number of aryl methyl sites for hydroxylation is 1. The molecule has 4 nitrogen and oxygen atoms in total. The molecule has 0 aliphatic heterocycles. The average molecular weight is 702 g/mol. The smallest absolute Gasteiger partial charge is 0.164 e. The Hall–Kier alpha value is -2.88. The minimum Gasteiger partial charge on any atom is -0.512 e. The molecule has 0 bridgehead atoms. The largest absolute Gasteiger partial charge is 0.512 e. The molecule has 39 heavy (non-hydrogen) atoms. The minimum absolute atomic E-state index is 0. The van der Waals surface area contributed by atoms with Gasteiger partial charge in [0.1, 0.15) is 12.1 Å². The first-order valence-electron chi connectivity index (χ1n) is 13.7. The van der Waals surface area contributed by atoms with E-state index in [1.165, 1.54) is 22.4 Å². The van der Waals surface area contributed by atoms with Crippen LogP contribution in [0.25, 0.3) is 32.9 Å². The van der Waals surface area contributed by atoms with E-state index in [9.17, 15) is 9.90 Å². The van der Waals surface area contributed by atoms with Crippen molar-refractivity contribution in [2.45, 2.75) is 74.1 Å². The van der Waals surface area contributed by atoms with Crippen molar-refractivity contribution in [2.75, 3.05) is 0 Å². The normalized spacial score (nSPS) is 12.0. The number of rotatable bonds is 8. The monoisotopic (exact) mass is 702 g/mol. The van der Waals surface area contributed by atoms with Crippen molar-refractivity contribution >= 4 is 27.5 Å². The minimum atomic E-state index is -0.337. The Labute approximate surface area is 247 Å². The fourth-order valence-electron chi connectivity index (χ4n) is 4.48. The number of fused-ring (bicyclic) bond motifs is 3.